The fraction of sp³-hybridized carbons (Fsp3) is 0.0926. The largest absolute Gasteiger partial charge is 0.387 e. The molecule has 3 aliphatic heterocycles. The number of likely N-dealkylation sites (N-methyl/N-ethyl adjacent to an activating group) is 1. The molecule has 0 bridgehead atoms. The average molecular weight is 779 g/mol. The molecule has 7 aromatic rings. The Balaban J connectivity index is 0.964. The van der Waals surface area contributed by atoms with Crippen molar-refractivity contribution in [1.29, 1.82) is 5.41 Å². The first-order valence-electron chi connectivity index (χ1n) is 20.6. The summed E-state index contributed by atoms with van der Waals surface area (Å²) < 4.78 is 0. The van der Waals surface area contributed by atoms with Crippen LogP contribution in [0.4, 0.5) is 17.1 Å². The van der Waals surface area contributed by atoms with Crippen LogP contribution in [0.2, 0.25) is 0 Å². The Bertz CT molecular complexity index is 2800. The second-order valence-electron chi connectivity index (χ2n) is 15.6. The molecule has 3 aliphatic rings. The first-order valence-corrected chi connectivity index (χ1v) is 20.6. The molecule has 2 unspecified atom stereocenters. The van der Waals surface area contributed by atoms with Crippen LogP contribution in [0, 0.1) is 5.41 Å². The molecule has 0 saturated carbocycles. The van der Waals surface area contributed by atoms with Crippen molar-refractivity contribution < 1.29 is 0 Å². The highest BCUT2D eigenvalue weighted by molar-refractivity contribution is 6.11. The predicted octanol–water partition coefficient (Wildman–Crippen LogP) is 11.4. The Morgan fingerprint density at radius 2 is 1.28 bits per heavy atom. The molecule has 4 N–H and O–H groups in total. The highest BCUT2D eigenvalue weighted by Gasteiger charge is 2.42. The molecule has 10 rings (SSSR count). The SMILES string of the molecule is CN1c2c(c3c(c4ccccc24)C=CNC3)N(c2ccc(-c3ccc(/C(=C/C(=N)c4ccc(-c5ccccc5)cc4)NCc4ccccc4)cc3)cc2)C1C1C=CC=CN1. The maximum atomic E-state index is 9.12. The van der Waals surface area contributed by atoms with Crippen molar-refractivity contribution >= 4 is 45.3 Å². The van der Waals surface area contributed by atoms with Crippen molar-refractivity contribution in [2.75, 3.05) is 16.8 Å². The summed E-state index contributed by atoms with van der Waals surface area (Å²) in [7, 11) is 2.23. The lowest BCUT2D eigenvalue weighted by Crippen LogP contribution is -2.52. The summed E-state index contributed by atoms with van der Waals surface area (Å²) in [6, 6.07) is 55.6. The Morgan fingerprint density at radius 3 is 1.97 bits per heavy atom. The summed E-state index contributed by atoms with van der Waals surface area (Å²) in [5.74, 6) is 0. The highest BCUT2D eigenvalue weighted by Crippen LogP contribution is 2.52. The van der Waals surface area contributed by atoms with E-state index in [1.807, 2.05) is 36.5 Å². The van der Waals surface area contributed by atoms with E-state index in [1.165, 1.54) is 44.4 Å². The van der Waals surface area contributed by atoms with Crippen molar-refractivity contribution in [2.45, 2.75) is 25.3 Å². The molecular weight excluding hydrogens is 733 g/mol. The van der Waals surface area contributed by atoms with E-state index in [0.717, 1.165) is 45.7 Å². The Hall–Kier alpha value is -7.57. The molecule has 2 atom stereocenters. The zero-order chi connectivity index (χ0) is 40.4. The van der Waals surface area contributed by atoms with Crippen LogP contribution in [-0.4, -0.2) is 25.0 Å². The number of anilines is 3. The smallest absolute Gasteiger partial charge is 0.130 e. The summed E-state index contributed by atoms with van der Waals surface area (Å²) in [6.07, 6.45) is 14.8. The molecule has 0 fully saturated rings. The Kier molecular flexibility index (Phi) is 9.80. The number of nitrogens with zero attached hydrogens (tertiary/aromatic N) is 2. The number of nitrogens with one attached hydrogen (secondary N) is 4. The summed E-state index contributed by atoms with van der Waals surface area (Å²) in [5, 5.41) is 22.5. The molecule has 292 valence electrons. The molecule has 6 heteroatoms. The molecule has 0 spiro atoms. The van der Waals surface area contributed by atoms with E-state index >= 15 is 0 Å². The normalized spacial score (nSPS) is 16.6. The lowest BCUT2D eigenvalue weighted by atomic mass is 9.93. The molecule has 0 amide bonds. The minimum Gasteiger partial charge on any atom is -0.387 e. The van der Waals surface area contributed by atoms with Crippen LogP contribution in [0.3, 0.4) is 0 Å². The highest BCUT2D eigenvalue weighted by atomic mass is 15.4. The van der Waals surface area contributed by atoms with E-state index in [4.69, 9.17) is 5.41 Å². The second kappa shape index (κ2) is 16.0. The van der Waals surface area contributed by atoms with Gasteiger partial charge < -0.3 is 31.2 Å². The molecule has 7 aromatic carbocycles. The maximum Gasteiger partial charge on any atom is 0.130 e. The number of allylic oxidation sites excluding steroid dienone is 3. The first kappa shape index (κ1) is 36.7. The van der Waals surface area contributed by atoms with Gasteiger partial charge in [0.1, 0.15) is 6.17 Å². The predicted molar refractivity (Wildman–Crippen MR) is 251 cm³/mol. The van der Waals surface area contributed by atoms with Crippen molar-refractivity contribution in [3.63, 3.8) is 0 Å². The maximum absolute atomic E-state index is 9.12. The number of hydrogen-bond acceptors (Lipinski definition) is 6. The van der Waals surface area contributed by atoms with E-state index in [-0.39, 0.29) is 12.2 Å². The summed E-state index contributed by atoms with van der Waals surface area (Å²) >= 11 is 0. The van der Waals surface area contributed by atoms with Crippen LogP contribution in [0.1, 0.15) is 27.8 Å². The van der Waals surface area contributed by atoms with Gasteiger partial charge in [-0.1, -0.05) is 158 Å². The van der Waals surface area contributed by atoms with Crippen molar-refractivity contribution in [3.05, 3.63) is 222 Å². The molecule has 0 saturated heterocycles. The standard InChI is InChI=1S/C54H46N6/c1-59-52-47-17-9-8-16-45(47)46-31-33-56-36-48(46)53(52)60(54(59)50-18-10-11-32-57-50)44-29-27-41(28-30-44)40-21-25-43(26-22-40)51(58-35-37-12-4-2-5-13-37)34-49(55)42-23-19-39(20-24-42)38-14-6-3-7-15-38/h2-34,50,54-58H,35-36H2,1H3/b51-34-,55-49?. The number of dihydropyridines is 1. The van der Waals surface area contributed by atoms with Gasteiger partial charge in [-0.25, -0.2) is 0 Å². The van der Waals surface area contributed by atoms with Crippen LogP contribution in [-0.2, 0) is 13.1 Å². The second-order valence-corrected chi connectivity index (χ2v) is 15.6. The third-order valence-electron chi connectivity index (χ3n) is 11.9. The topological polar surface area (TPSA) is 66.4 Å². The van der Waals surface area contributed by atoms with Gasteiger partial charge in [0.15, 0.2) is 0 Å². The van der Waals surface area contributed by atoms with Gasteiger partial charge in [-0.3, -0.25) is 0 Å². The van der Waals surface area contributed by atoms with E-state index in [9.17, 15) is 0 Å². The zero-order valence-corrected chi connectivity index (χ0v) is 33.5. The summed E-state index contributed by atoms with van der Waals surface area (Å²) in [5.41, 5.74) is 15.3. The van der Waals surface area contributed by atoms with Crippen molar-refractivity contribution in [2.24, 2.45) is 0 Å². The Morgan fingerprint density at radius 1 is 0.667 bits per heavy atom. The molecular formula is C54H46N6. The molecule has 0 aromatic heterocycles. The van der Waals surface area contributed by atoms with Crippen molar-refractivity contribution in [1.82, 2.24) is 16.0 Å². The van der Waals surface area contributed by atoms with Gasteiger partial charge in [-0.05, 0) is 92.7 Å². The number of benzene rings is 7. The van der Waals surface area contributed by atoms with E-state index in [1.54, 1.807) is 0 Å². The molecule has 0 aliphatic carbocycles. The molecule has 6 nitrogen and oxygen atoms in total. The Labute approximate surface area is 352 Å². The zero-order valence-electron chi connectivity index (χ0n) is 33.5. The lowest BCUT2D eigenvalue weighted by Gasteiger charge is -2.37. The van der Waals surface area contributed by atoms with Crippen LogP contribution < -0.4 is 25.8 Å². The van der Waals surface area contributed by atoms with Crippen molar-refractivity contribution in [3.8, 4) is 22.3 Å². The third kappa shape index (κ3) is 6.92. The van der Waals surface area contributed by atoms with Gasteiger partial charge in [0.2, 0.25) is 0 Å². The summed E-state index contributed by atoms with van der Waals surface area (Å²) in [6.45, 7) is 1.42. The fourth-order valence-electron chi connectivity index (χ4n) is 8.93. The van der Waals surface area contributed by atoms with Gasteiger partial charge in [-0.15, -0.1) is 0 Å². The van der Waals surface area contributed by atoms with Gasteiger partial charge >= 0.3 is 0 Å². The third-order valence-corrected chi connectivity index (χ3v) is 11.9. The number of rotatable bonds is 10. The van der Waals surface area contributed by atoms with E-state index in [0.29, 0.717) is 12.3 Å². The van der Waals surface area contributed by atoms with Crippen LogP contribution in [0.5, 0.6) is 0 Å². The molecule has 60 heavy (non-hydrogen) atoms. The van der Waals surface area contributed by atoms with E-state index in [2.05, 4.69) is 197 Å². The van der Waals surface area contributed by atoms with Gasteiger partial charge in [0.05, 0.1) is 23.1 Å². The van der Waals surface area contributed by atoms with Crippen LogP contribution in [0.15, 0.2) is 194 Å². The fourth-order valence-corrected chi connectivity index (χ4v) is 8.93. The van der Waals surface area contributed by atoms with Crippen LogP contribution in [0.25, 0.3) is 44.8 Å². The average Bonchev–Trinajstić information content (AvgIpc) is 3.64. The molecule has 0 radical (unpaired) electrons. The minimum atomic E-state index is 0.0151. The number of hydrogen-bond donors (Lipinski definition) is 4. The number of fused-ring (bicyclic) bond motifs is 6. The van der Waals surface area contributed by atoms with Gasteiger partial charge in [-0.2, -0.15) is 0 Å². The van der Waals surface area contributed by atoms with Gasteiger partial charge in [0, 0.05) is 42.5 Å². The minimum absolute atomic E-state index is 0.0151. The van der Waals surface area contributed by atoms with Crippen LogP contribution >= 0.6 is 0 Å². The monoisotopic (exact) mass is 778 g/mol. The van der Waals surface area contributed by atoms with E-state index < -0.39 is 0 Å². The lowest BCUT2D eigenvalue weighted by molar-refractivity contribution is 0.542. The quantitative estimate of drug-likeness (QED) is 0.104. The summed E-state index contributed by atoms with van der Waals surface area (Å²) in [4.78, 5) is 5.00. The molecule has 3 heterocycles. The first-order chi connectivity index (χ1) is 29.6. The van der Waals surface area contributed by atoms with Gasteiger partial charge in [0.25, 0.3) is 0 Å².